The van der Waals surface area contributed by atoms with Gasteiger partial charge in [0.1, 0.15) is 11.4 Å². The van der Waals surface area contributed by atoms with Crippen LogP contribution in [0.2, 0.25) is 5.02 Å². The Balaban J connectivity index is 1.83. The molecule has 1 aromatic carbocycles. The lowest BCUT2D eigenvalue weighted by Crippen LogP contribution is -2.24. The van der Waals surface area contributed by atoms with Crippen molar-refractivity contribution in [3.05, 3.63) is 56.2 Å². The summed E-state index contributed by atoms with van der Waals surface area (Å²) in [6, 6.07) is 4.46. The van der Waals surface area contributed by atoms with Gasteiger partial charge in [-0.1, -0.05) is 11.6 Å². The third-order valence-corrected chi connectivity index (χ3v) is 4.05. The number of aromatic amines is 1. The molecule has 3 aromatic rings. The van der Waals surface area contributed by atoms with E-state index in [1.807, 2.05) is 0 Å². The lowest BCUT2D eigenvalue weighted by molar-refractivity contribution is 0.0947. The minimum Gasteiger partial charge on any atom is -0.503 e. The van der Waals surface area contributed by atoms with E-state index in [1.54, 1.807) is 6.92 Å². The first kappa shape index (κ1) is 20.0. The van der Waals surface area contributed by atoms with Crippen molar-refractivity contribution in [1.29, 1.82) is 0 Å². The van der Waals surface area contributed by atoms with E-state index in [2.05, 4.69) is 30.8 Å². The van der Waals surface area contributed by atoms with Crippen LogP contribution >= 0.6 is 11.6 Å². The largest absolute Gasteiger partial charge is 0.503 e. The first-order valence-electron chi connectivity index (χ1n) is 8.20. The molecule has 0 aliphatic rings. The zero-order valence-electron chi connectivity index (χ0n) is 15.6. The lowest BCUT2D eigenvalue weighted by Gasteiger charge is -2.06. The summed E-state index contributed by atoms with van der Waals surface area (Å²) >= 11 is 5.92. The zero-order chi connectivity index (χ0) is 21.1. The average molecular weight is 418 g/mol. The third kappa shape index (κ3) is 4.24. The predicted molar refractivity (Wildman–Crippen MR) is 104 cm³/mol. The molecule has 0 fully saturated rings. The SMILES string of the molecule is COc1cc(/C=N\NC(=O)c2cc(C)nn2-c2nnc(C)c(=O)[nH]2)cc(Cl)c1O. The van der Waals surface area contributed by atoms with E-state index in [9.17, 15) is 14.7 Å². The fourth-order valence-electron chi connectivity index (χ4n) is 2.35. The number of phenolic OH excluding ortho intramolecular Hbond substituents is 1. The molecule has 150 valence electrons. The number of H-pyrrole nitrogens is 1. The Kier molecular flexibility index (Phi) is 5.59. The number of rotatable bonds is 5. The number of benzene rings is 1. The van der Waals surface area contributed by atoms with Gasteiger partial charge in [0.25, 0.3) is 17.4 Å². The Bertz CT molecular complexity index is 1170. The summed E-state index contributed by atoms with van der Waals surface area (Å²) in [5.41, 5.74) is 3.21. The summed E-state index contributed by atoms with van der Waals surface area (Å²) in [5, 5.41) is 25.4. The molecule has 0 bridgehead atoms. The molecule has 0 unspecified atom stereocenters. The van der Waals surface area contributed by atoms with Gasteiger partial charge in [-0.05, 0) is 37.6 Å². The number of hydrazone groups is 1. The van der Waals surface area contributed by atoms with Crippen LogP contribution in [0.15, 0.2) is 28.1 Å². The highest BCUT2D eigenvalue weighted by Crippen LogP contribution is 2.34. The molecule has 12 heteroatoms. The maximum absolute atomic E-state index is 12.5. The van der Waals surface area contributed by atoms with Crippen LogP contribution in [0.5, 0.6) is 11.5 Å². The second-order valence-electron chi connectivity index (χ2n) is 5.90. The van der Waals surface area contributed by atoms with Crippen LogP contribution in [0.4, 0.5) is 0 Å². The normalized spacial score (nSPS) is 11.0. The summed E-state index contributed by atoms with van der Waals surface area (Å²) in [4.78, 5) is 26.8. The fraction of sp³-hybridized carbons (Fsp3) is 0.176. The van der Waals surface area contributed by atoms with E-state index in [0.717, 1.165) is 4.68 Å². The van der Waals surface area contributed by atoms with Crippen molar-refractivity contribution in [3.8, 4) is 17.4 Å². The Morgan fingerprint density at radius 3 is 2.79 bits per heavy atom. The number of methoxy groups -OCH3 is 1. The Hall–Kier alpha value is -3.73. The second-order valence-corrected chi connectivity index (χ2v) is 6.31. The van der Waals surface area contributed by atoms with Gasteiger partial charge in [0.15, 0.2) is 11.5 Å². The van der Waals surface area contributed by atoms with Crippen LogP contribution in [0.3, 0.4) is 0 Å². The highest BCUT2D eigenvalue weighted by atomic mass is 35.5. The molecular formula is C17H16ClN7O4. The molecule has 11 nitrogen and oxygen atoms in total. The summed E-state index contributed by atoms with van der Waals surface area (Å²) in [7, 11) is 1.38. The topological polar surface area (TPSA) is 147 Å². The van der Waals surface area contributed by atoms with Crippen LogP contribution in [0.25, 0.3) is 5.95 Å². The van der Waals surface area contributed by atoms with E-state index in [-0.39, 0.29) is 33.9 Å². The number of nitrogens with zero attached hydrogens (tertiary/aromatic N) is 5. The van der Waals surface area contributed by atoms with Gasteiger partial charge in [0.05, 0.1) is 24.0 Å². The Labute approximate surface area is 169 Å². The number of aryl methyl sites for hydroxylation is 2. The molecule has 0 aliphatic heterocycles. The number of carbonyl (C=O) groups excluding carboxylic acids is 1. The summed E-state index contributed by atoms with van der Waals surface area (Å²) in [6.45, 7) is 3.19. The van der Waals surface area contributed by atoms with Crippen LogP contribution in [-0.4, -0.2) is 49.3 Å². The molecule has 3 rings (SSSR count). The standard InChI is InChI=1S/C17H16ClN7O4/c1-8-4-12(25(24-8)17-20-15(27)9(2)21-23-17)16(28)22-19-7-10-5-11(18)14(26)13(6-10)29-3/h4-7,26H,1-3H3,(H,22,28)(H,20,23,27)/b19-7-. The van der Waals surface area contributed by atoms with Crippen molar-refractivity contribution < 1.29 is 14.6 Å². The van der Waals surface area contributed by atoms with Crippen LogP contribution in [0.1, 0.15) is 27.4 Å². The van der Waals surface area contributed by atoms with Crippen molar-refractivity contribution in [1.82, 2.24) is 30.4 Å². The minimum atomic E-state index is -0.595. The number of carbonyl (C=O) groups is 1. The molecule has 0 saturated carbocycles. The molecule has 2 aromatic heterocycles. The lowest BCUT2D eigenvalue weighted by atomic mass is 10.2. The van der Waals surface area contributed by atoms with Gasteiger partial charge in [-0.25, -0.2) is 5.43 Å². The van der Waals surface area contributed by atoms with E-state index in [0.29, 0.717) is 11.3 Å². The monoisotopic (exact) mass is 417 g/mol. The number of hydrogen-bond acceptors (Lipinski definition) is 8. The quantitative estimate of drug-likeness (QED) is 0.416. The van der Waals surface area contributed by atoms with E-state index < -0.39 is 11.5 Å². The smallest absolute Gasteiger partial charge is 0.290 e. The molecular weight excluding hydrogens is 402 g/mol. The van der Waals surface area contributed by atoms with Gasteiger partial charge in [0, 0.05) is 0 Å². The van der Waals surface area contributed by atoms with Gasteiger partial charge >= 0.3 is 0 Å². The molecule has 1 amide bonds. The maximum Gasteiger partial charge on any atom is 0.290 e. The molecule has 0 spiro atoms. The maximum atomic E-state index is 12.5. The number of aromatic nitrogens is 5. The van der Waals surface area contributed by atoms with Gasteiger partial charge < -0.3 is 9.84 Å². The number of halogens is 1. The van der Waals surface area contributed by atoms with Gasteiger partial charge in [0.2, 0.25) is 0 Å². The predicted octanol–water partition coefficient (Wildman–Crippen LogP) is 1.10. The van der Waals surface area contributed by atoms with Crippen LogP contribution in [0, 0.1) is 13.8 Å². The zero-order valence-corrected chi connectivity index (χ0v) is 16.4. The van der Waals surface area contributed by atoms with Crippen molar-refractivity contribution in [2.24, 2.45) is 5.10 Å². The number of phenols is 1. The summed E-state index contributed by atoms with van der Waals surface area (Å²) in [5.74, 6) is -0.622. The molecule has 0 saturated heterocycles. The summed E-state index contributed by atoms with van der Waals surface area (Å²) < 4.78 is 6.17. The summed E-state index contributed by atoms with van der Waals surface area (Å²) in [6.07, 6.45) is 1.33. The van der Waals surface area contributed by atoms with E-state index >= 15 is 0 Å². The van der Waals surface area contributed by atoms with Gasteiger partial charge in [-0.15, -0.1) is 10.2 Å². The van der Waals surface area contributed by atoms with E-state index in [1.165, 1.54) is 38.4 Å². The molecule has 0 aliphatic carbocycles. The molecule has 29 heavy (non-hydrogen) atoms. The van der Waals surface area contributed by atoms with Crippen LogP contribution in [-0.2, 0) is 0 Å². The van der Waals surface area contributed by atoms with Crippen molar-refractivity contribution in [2.75, 3.05) is 7.11 Å². The highest BCUT2D eigenvalue weighted by Gasteiger charge is 2.17. The molecule has 3 N–H and O–H groups in total. The molecule has 2 heterocycles. The highest BCUT2D eigenvalue weighted by molar-refractivity contribution is 6.32. The number of aromatic hydroxyl groups is 1. The number of nitrogens with one attached hydrogen (secondary N) is 2. The first-order chi connectivity index (χ1) is 13.8. The number of amides is 1. The van der Waals surface area contributed by atoms with E-state index in [4.69, 9.17) is 16.3 Å². The van der Waals surface area contributed by atoms with Crippen molar-refractivity contribution in [3.63, 3.8) is 0 Å². The third-order valence-electron chi connectivity index (χ3n) is 3.76. The van der Waals surface area contributed by atoms with Gasteiger partial charge in [-0.2, -0.15) is 14.9 Å². The second kappa shape index (κ2) is 8.10. The first-order valence-corrected chi connectivity index (χ1v) is 8.58. The number of hydrogen-bond donors (Lipinski definition) is 3. The fourth-order valence-corrected chi connectivity index (χ4v) is 2.57. The van der Waals surface area contributed by atoms with Crippen molar-refractivity contribution >= 4 is 23.7 Å². The molecule has 0 radical (unpaired) electrons. The van der Waals surface area contributed by atoms with Gasteiger partial charge in [-0.3, -0.25) is 14.6 Å². The van der Waals surface area contributed by atoms with Crippen molar-refractivity contribution in [2.45, 2.75) is 13.8 Å². The Morgan fingerprint density at radius 2 is 2.10 bits per heavy atom. The average Bonchev–Trinajstić information content (AvgIpc) is 3.08. The minimum absolute atomic E-state index is 0.00196. The van der Waals surface area contributed by atoms with Crippen LogP contribution < -0.4 is 15.7 Å². The Morgan fingerprint density at radius 1 is 1.34 bits per heavy atom. The molecule has 0 atom stereocenters. The number of ether oxygens (including phenoxy) is 1.